The number of hydrogen-bond donors (Lipinski definition) is 0. The Morgan fingerprint density at radius 3 is 2.05 bits per heavy atom. The van der Waals surface area contributed by atoms with Gasteiger partial charge in [-0.25, -0.2) is 8.78 Å². The predicted octanol–water partition coefficient (Wildman–Crippen LogP) is 5.45. The molecule has 1 radical (unpaired) electrons. The number of aryl methyl sites for hydroxylation is 1. The first-order chi connectivity index (χ1) is 8.74. The van der Waals surface area contributed by atoms with Crippen molar-refractivity contribution in [1.29, 1.82) is 0 Å². The Hall–Kier alpha value is -0.206. The van der Waals surface area contributed by atoms with Crippen LogP contribution in [-0.4, -0.2) is 0 Å². The van der Waals surface area contributed by atoms with Crippen molar-refractivity contribution in [2.45, 2.75) is 64.7 Å². The molecule has 0 atom stereocenters. The van der Waals surface area contributed by atoms with E-state index in [-0.39, 0.29) is 21.7 Å². The third kappa shape index (κ3) is 8.54. The summed E-state index contributed by atoms with van der Waals surface area (Å²) in [5.41, 5.74) is 0.586. The molecule has 1 aromatic rings. The van der Waals surface area contributed by atoms with Gasteiger partial charge in [0.25, 0.3) is 0 Å². The molecule has 0 aliphatic heterocycles. The zero-order valence-electron chi connectivity index (χ0n) is 11.8. The maximum absolute atomic E-state index is 13.3. The number of hydrogen-bond acceptors (Lipinski definition) is 0. The zero-order chi connectivity index (χ0) is 13.2. The Labute approximate surface area is 130 Å². The Morgan fingerprint density at radius 2 is 1.47 bits per heavy atom. The molecule has 19 heavy (non-hydrogen) atoms. The molecule has 0 nitrogen and oxygen atoms in total. The minimum absolute atomic E-state index is 0. The number of halogens is 2. The zero-order valence-corrected chi connectivity index (χ0v) is 13.3. The van der Waals surface area contributed by atoms with E-state index in [4.69, 9.17) is 0 Å². The van der Waals surface area contributed by atoms with Crippen molar-refractivity contribution >= 4 is 0 Å². The monoisotopic (exact) mass is 301 g/mol. The average Bonchev–Trinajstić information content (AvgIpc) is 2.35. The van der Waals surface area contributed by atoms with E-state index in [2.05, 4.69) is 13.0 Å². The quantitative estimate of drug-likeness (QED) is 0.420. The first-order valence-electron chi connectivity index (χ1n) is 7.10. The molecule has 0 amide bonds. The molecule has 0 heterocycles. The minimum atomic E-state index is -0.618. The summed E-state index contributed by atoms with van der Waals surface area (Å²) in [5, 5.41) is 0. The van der Waals surface area contributed by atoms with E-state index in [0.717, 1.165) is 12.8 Å². The molecule has 0 aliphatic carbocycles. The van der Waals surface area contributed by atoms with Crippen LogP contribution in [0.3, 0.4) is 0 Å². The second kappa shape index (κ2) is 11.6. The molecule has 0 fully saturated rings. The van der Waals surface area contributed by atoms with Gasteiger partial charge in [0.2, 0.25) is 0 Å². The molecular formula is C16H23F2Ti. The average molecular weight is 301 g/mol. The van der Waals surface area contributed by atoms with Crippen LogP contribution >= 0.6 is 0 Å². The maximum Gasteiger partial charge on any atom is 0.137 e. The summed E-state index contributed by atoms with van der Waals surface area (Å²) in [7, 11) is 0. The second-order valence-corrected chi connectivity index (χ2v) is 4.87. The van der Waals surface area contributed by atoms with Crippen molar-refractivity contribution in [2.24, 2.45) is 0 Å². The second-order valence-electron chi connectivity index (χ2n) is 4.87. The van der Waals surface area contributed by atoms with Gasteiger partial charge < -0.3 is 0 Å². The van der Waals surface area contributed by atoms with Crippen LogP contribution in [0.25, 0.3) is 0 Å². The Balaban J connectivity index is 0.00000324. The molecule has 0 spiro atoms. The summed E-state index contributed by atoms with van der Waals surface area (Å²) in [6, 6.07) is 4.89. The van der Waals surface area contributed by atoms with Crippen LogP contribution < -0.4 is 0 Å². The Kier molecular flexibility index (Phi) is 11.5. The van der Waals surface area contributed by atoms with Crippen molar-refractivity contribution in [3.8, 4) is 0 Å². The predicted molar refractivity (Wildman–Crippen MR) is 71.5 cm³/mol. The summed E-state index contributed by atoms with van der Waals surface area (Å²) in [6.07, 6.45) is 10.5. The fourth-order valence-electron chi connectivity index (χ4n) is 2.12. The third-order valence-corrected chi connectivity index (χ3v) is 3.24. The van der Waals surface area contributed by atoms with Crippen molar-refractivity contribution < 1.29 is 30.5 Å². The third-order valence-electron chi connectivity index (χ3n) is 3.24. The Bertz CT molecular complexity index is 340. The first-order valence-corrected chi connectivity index (χ1v) is 7.10. The van der Waals surface area contributed by atoms with E-state index in [9.17, 15) is 8.78 Å². The van der Waals surface area contributed by atoms with Gasteiger partial charge >= 0.3 is 0 Å². The van der Waals surface area contributed by atoms with Crippen LogP contribution in [0.2, 0.25) is 0 Å². The number of benzene rings is 1. The molecule has 0 aliphatic rings. The molecule has 3 heteroatoms. The van der Waals surface area contributed by atoms with Gasteiger partial charge in [-0.1, -0.05) is 57.9 Å². The summed E-state index contributed by atoms with van der Waals surface area (Å²) in [4.78, 5) is 0. The molecule has 0 bridgehead atoms. The molecule has 0 saturated carbocycles. The number of rotatable bonds is 9. The van der Waals surface area contributed by atoms with Gasteiger partial charge in [-0.05, 0) is 24.5 Å². The van der Waals surface area contributed by atoms with Crippen molar-refractivity contribution in [1.82, 2.24) is 0 Å². The van der Waals surface area contributed by atoms with Crippen LogP contribution in [0, 0.1) is 17.7 Å². The van der Waals surface area contributed by atoms with Crippen LogP contribution in [0.15, 0.2) is 12.1 Å². The minimum Gasteiger partial charge on any atom is -0.206 e. The van der Waals surface area contributed by atoms with Crippen LogP contribution in [-0.2, 0) is 28.1 Å². The smallest absolute Gasteiger partial charge is 0.137 e. The van der Waals surface area contributed by atoms with E-state index in [0.29, 0.717) is 12.0 Å². The van der Waals surface area contributed by atoms with Gasteiger partial charge in [0.05, 0.1) is 6.07 Å². The van der Waals surface area contributed by atoms with Gasteiger partial charge in [-0.15, -0.1) is 0 Å². The van der Waals surface area contributed by atoms with Gasteiger partial charge in [-0.3, -0.25) is 0 Å². The van der Waals surface area contributed by atoms with Gasteiger partial charge in [0.1, 0.15) is 11.6 Å². The number of unbranched alkanes of at least 4 members (excludes halogenated alkanes) is 7. The van der Waals surface area contributed by atoms with Gasteiger partial charge in [0, 0.05) is 21.7 Å². The molecule has 1 rings (SSSR count). The maximum atomic E-state index is 13.3. The molecule has 1 aromatic carbocycles. The van der Waals surface area contributed by atoms with Crippen molar-refractivity contribution in [3.63, 3.8) is 0 Å². The van der Waals surface area contributed by atoms with Gasteiger partial charge in [0.15, 0.2) is 0 Å². The topological polar surface area (TPSA) is 0 Å². The van der Waals surface area contributed by atoms with E-state index in [1.165, 1.54) is 50.7 Å². The van der Waals surface area contributed by atoms with Crippen LogP contribution in [0.5, 0.6) is 0 Å². The summed E-state index contributed by atoms with van der Waals surface area (Å²) < 4.78 is 25.9. The van der Waals surface area contributed by atoms with Crippen molar-refractivity contribution in [2.75, 3.05) is 0 Å². The van der Waals surface area contributed by atoms with E-state index >= 15 is 0 Å². The summed E-state index contributed by atoms with van der Waals surface area (Å²) in [6.45, 7) is 2.22. The SMILES string of the molecule is CCCCCCCCCCc1ccc(F)[c]c1F.[Ti]. The molecule has 0 N–H and O–H groups in total. The van der Waals surface area contributed by atoms with E-state index in [1.807, 2.05) is 0 Å². The van der Waals surface area contributed by atoms with E-state index in [1.54, 1.807) is 0 Å². The fraction of sp³-hybridized carbons (Fsp3) is 0.625. The van der Waals surface area contributed by atoms with Crippen LogP contribution in [0.1, 0.15) is 63.9 Å². The standard InChI is InChI=1S/C16H23F2.Ti/c1-2-3-4-5-6-7-8-9-10-14-11-12-15(17)13-16(14)18;/h11-12H,2-10H2,1H3;. The molecule has 0 unspecified atom stereocenters. The molecular weight excluding hydrogens is 278 g/mol. The largest absolute Gasteiger partial charge is 0.206 e. The molecule has 0 saturated heterocycles. The molecule has 105 valence electrons. The Morgan fingerprint density at radius 1 is 0.895 bits per heavy atom. The first kappa shape index (κ1) is 18.8. The summed E-state index contributed by atoms with van der Waals surface area (Å²) >= 11 is 0. The van der Waals surface area contributed by atoms with Crippen LogP contribution in [0.4, 0.5) is 8.78 Å². The normalized spacial score (nSPS) is 10.3. The van der Waals surface area contributed by atoms with Crippen molar-refractivity contribution in [3.05, 3.63) is 35.4 Å². The molecule has 0 aromatic heterocycles. The van der Waals surface area contributed by atoms with Gasteiger partial charge in [-0.2, -0.15) is 0 Å². The summed E-state index contributed by atoms with van der Waals surface area (Å²) in [5.74, 6) is -1.15. The van der Waals surface area contributed by atoms with E-state index < -0.39 is 11.6 Å². The fourth-order valence-corrected chi connectivity index (χ4v) is 2.12.